The van der Waals surface area contributed by atoms with Crippen molar-refractivity contribution in [1.82, 2.24) is 0 Å². The fraction of sp³-hybridized carbons (Fsp3) is 0.235. The molecule has 0 fully saturated rings. The molecule has 26 heavy (non-hydrogen) atoms. The van der Waals surface area contributed by atoms with Crippen LogP contribution in [0.3, 0.4) is 0 Å². The number of benzene rings is 2. The van der Waals surface area contributed by atoms with E-state index in [0.29, 0.717) is 5.02 Å². The van der Waals surface area contributed by atoms with Crippen molar-refractivity contribution >= 4 is 50.5 Å². The fourth-order valence-electron chi connectivity index (χ4n) is 2.48. The molecular weight excluding hydrogens is 402 g/mol. The smallest absolute Gasteiger partial charge is 0.248 e. The van der Waals surface area contributed by atoms with E-state index in [1.807, 2.05) is 0 Å². The van der Waals surface area contributed by atoms with E-state index in [1.54, 1.807) is 13.0 Å². The molecule has 1 N–H and O–H groups in total. The summed E-state index contributed by atoms with van der Waals surface area (Å²) in [4.78, 5) is 12.7. The molecule has 0 spiro atoms. The van der Waals surface area contributed by atoms with E-state index in [9.17, 15) is 17.6 Å². The first-order valence-corrected chi connectivity index (χ1v) is 10.3. The van der Waals surface area contributed by atoms with Gasteiger partial charge in [0.05, 0.1) is 22.7 Å². The van der Waals surface area contributed by atoms with Crippen molar-refractivity contribution in [2.45, 2.75) is 19.4 Å². The maximum absolute atomic E-state index is 14.2. The van der Waals surface area contributed by atoms with E-state index in [1.165, 1.54) is 30.3 Å². The standard InChI is InChI=1S/C17H17Cl2FN2O3S/c1-3-15(17(23)21-14-10-11(18)8-9-12(14)19)22(26(2,24)25)16-7-5-4-6-13(16)20/h4-10,15H,3H2,1-2H3,(H,21,23)/t15-/m0/s1. The Morgan fingerprint density at radius 3 is 2.46 bits per heavy atom. The molecule has 1 atom stereocenters. The van der Waals surface area contributed by atoms with Crippen molar-refractivity contribution in [3.05, 3.63) is 58.3 Å². The van der Waals surface area contributed by atoms with Gasteiger partial charge in [0.25, 0.3) is 0 Å². The Morgan fingerprint density at radius 2 is 1.88 bits per heavy atom. The number of nitrogens with zero attached hydrogens (tertiary/aromatic N) is 1. The zero-order valence-corrected chi connectivity index (χ0v) is 16.4. The quantitative estimate of drug-likeness (QED) is 0.759. The van der Waals surface area contributed by atoms with Gasteiger partial charge in [0.2, 0.25) is 15.9 Å². The molecule has 0 saturated carbocycles. The number of carbonyl (C=O) groups is 1. The highest BCUT2D eigenvalue weighted by Crippen LogP contribution is 2.28. The predicted octanol–water partition coefficient (Wildman–Crippen LogP) is 4.32. The molecule has 140 valence electrons. The highest BCUT2D eigenvalue weighted by Gasteiger charge is 2.33. The van der Waals surface area contributed by atoms with Gasteiger partial charge in [-0.25, -0.2) is 12.8 Å². The van der Waals surface area contributed by atoms with Crippen molar-refractivity contribution in [2.75, 3.05) is 15.9 Å². The van der Waals surface area contributed by atoms with Crippen molar-refractivity contribution in [2.24, 2.45) is 0 Å². The zero-order valence-electron chi connectivity index (χ0n) is 14.0. The maximum atomic E-state index is 14.2. The van der Waals surface area contributed by atoms with E-state index in [2.05, 4.69) is 5.32 Å². The number of anilines is 2. The molecule has 0 aliphatic heterocycles. The van der Waals surface area contributed by atoms with E-state index in [4.69, 9.17) is 23.2 Å². The first-order valence-electron chi connectivity index (χ1n) is 7.65. The van der Waals surface area contributed by atoms with Gasteiger partial charge < -0.3 is 5.32 Å². The summed E-state index contributed by atoms with van der Waals surface area (Å²) in [5.41, 5.74) is 0.0405. The minimum absolute atomic E-state index is 0.116. The summed E-state index contributed by atoms with van der Waals surface area (Å²) >= 11 is 11.9. The second-order valence-corrected chi connectivity index (χ2v) is 8.25. The normalized spacial score (nSPS) is 12.5. The van der Waals surface area contributed by atoms with Crippen molar-refractivity contribution < 1.29 is 17.6 Å². The van der Waals surface area contributed by atoms with Crippen LogP contribution in [0.25, 0.3) is 0 Å². The minimum atomic E-state index is -3.93. The molecular formula is C17H17Cl2FN2O3S. The van der Waals surface area contributed by atoms with Crippen LogP contribution in [0.15, 0.2) is 42.5 Å². The van der Waals surface area contributed by atoms with E-state index in [-0.39, 0.29) is 22.8 Å². The third-order valence-corrected chi connectivity index (χ3v) is 5.34. The summed E-state index contributed by atoms with van der Waals surface area (Å²) in [6.45, 7) is 1.63. The Balaban J connectivity index is 2.44. The molecule has 0 unspecified atom stereocenters. The van der Waals surface area contributed by atoms with Gasteiger partial charge in [-0.1, -0.05) is 42.3 Å². The van der Waals surface area contributed by atoms with Gasteiger partial charge >= 0.3 is 0 Å². The Kier molecular flexibility index (Phi) is 6.49. The first-order chi connectivity index (χ1) is 12.1. The highest BCUT2D eigenvalue weighted by molar-refractivity contribution is 7.92. The molecule has 2 aromatic rings. The first kappa shape index (κ1) is 20.5. The summed E-state index contributed by atoms with van der Waals surface area (Å²) in [6.07, 6.45) is 1.03. The molecule has 2 aromatic carbocycles. The molecule has 0 heterocycles. The highest BCUT2D eigenvalue weighted by atomic mass is 35.5. The zero-order chi connectivity index (χ0) is 19.5. The summed E-state index contributed by atoms with van der Waals surface area (Å²) < 4.78 is 39.6. The number of para-hydroxylation sites is 1. The van der Waals surface area contributed by atoms with E-state index >= 15 is 0 Å². The van der Waals surface area contributed by atoms with Crippen LogP contribution in [0.5, 0.6) is 0 Å². The van der Waals surface area contributed by atoms with Crippen LogP contribution in [0.1, 0.15) is 13.3 Å². The monoisotopic (exact) mass is 418 g/mol. The Hall–Kier alpha value is -1.83. The van der Waals surface area contributed by atoms with Crippen LogP contribution in [0.4, 0.5) is 15.8 Å². The number of amides is 1. The summed E-state index contributed by atoms with van der Waals surface area (Å²) in [7, 11) is -3.93. The third-order valence-electron chi connectivity index (χ3n) is 3.61. The van der Waals surface area contributed by atoms with Gasteiger partial charge in [0.15, 0.2) is 0 Å². The van der Waals surface area contributed by atoms with Gasteiger partial charge in [-0.05, 0) is 36.8 Å². The average molecular weight is 419 g/mol. The van der Waals surface area contributed by atoms with Gasteiger partial charge in [0, 0.05) is 5.02 Å². The Labute approximate surface area is 161 Å². The Morgan fingerprint density at radius 1 is 1.23 bits per heavy atom. The van der Waals surface area contributed by atoms with Gasteiger partial charge in [0.1, 0.15) is 11.9 Å². The topological polar surface area (TPSA) is 66.5 Å². The number of halogens is 3. The SMILES string of the molecule is CC[C@@H](C(=O)Nc1cc(Cl)ccc1Cl)N(c1ccccc1F)S(C)(=O)=O. The molecule has 5 nitrogen and oxygen atoms in total. The number of hydrogen-bond donors (Lipinski definition) is 1. The third kappa shape index (κ3) is 4.66. The van der Waals surface area contributed by atoms with E-state index in [0.717, 1.165) is 16.6 Å². The molecule has 0 radical (unpaired) electrons. The average Bonchev–Trinajstić information content (AvgIpc) is 2.55. The van der Waals surface area contributed by atoms with Gasteiger partial charge in [-0.2, -0.15) is 0 Å². The number of hydrogen-bond acceptors (Lipinski definition) is 3. The molecule has 9 heteroatoms. The van der Waals surface area contributed by atoms with Gasteiger partial charge in [-0.15, -0.1) is 0 Å². The molecule has 0 saturated heterocycles. The van der Waals surface area contributed by atoms with Crippen LogP contribution in [0, 0.1) is 5.82 Å². The molecule has 0 bridgehead atoms. The summed E-state index contributed by atoms with van der Waals surface area (Å²) in [5.74, 6) is -1.39. The van der Waals surface area contributed by atoms with Crippen LogP contribution >= 0.6 is 23.2 Å². The van der Waals surface area contributed by atoms with Crippen LogP contribution < -0.4 is 9.62 Å². The van der Waals surface area contributed by atoms with Crippen molar-refractivity contribution in [3.63, 3.8) is 0 Å². The van der Waals surface area contributed by atoms with Crippen LogP contribution in [0.2, 0.25) is 10.0 Å². The maximum Gasteiger partial charge on any atom is 0.248 e. The van der Waals surface area contributed by atoms with Crippen molar-refractivity contribution in [3.8, 4) is 0 Å². The second-order valence-electron chi connectivity index (χ2n) is 5.55. The molecule has 0 aliphatic carbocycles. The van der Waals surface area contributed by atoms with E-state index < -0.39 is 27.8 Å². The lowest BCUT2D eigenvalue weighted by molar-refractivity contribution is -0.117. The van der Waals surface area contributed by atoms with Crippen LogP contribution in [-0.2, 0) is 14.8 Å². The number of nitrogens with one attached hydrogen (secondary N) is 1. The molecule has 1 amide bonds. The fourth-order valence-corrected chi connectivity index (χ4v) is 4.02. The number of carbonyl (C=O) groups excluding carboxylic acids is 1. The molecule has 0 aromatic heterocycles. The number of sulfonamides is 1. The number of rotatable bonds is 6. The lowest BCUT2D eigenvalue weighted by atomic mass is 10.1. The second kappa shape index (κ2) is 8.24. The largest absolute Gasteiger partial charge is 0.323 e. The molecule has 2 rings (SSSR count). The van der Waals surface area contributed by atoms with Crippen molar-refractivity contribution in [1.29, 1.82) is 0 Å². The lowest BCUT2D eigenvalue weighted by Gasteiger charge is -2.30. The van der Waals surface area contributed by atoms with Gasteiger partial charge in [-0.3, -0.25) is 9.10 Å². The molecule has 0 aliphatic rings. The lowest BCUT2D eigenvalue weighted by Crippen LogP contribution is -2.47. The summed E-state index contributed by atoms with van der Waals surface area (Å²) in [5, 5.41) is 3.16. The predicted molar refractivity (Wildman–Crippen MR) is 103 cm³/mol. The Bertz CT molecular complexity index is 922. The summed E-state index contributed by atoms with van der Waals surface area (Å²) in [6, 6.07) is 8.70. The minimum Gasteiger partial charge on any atom is -0.323 e. The van der Waals surface area contributed by atoms with Crippen LogP contribution in [-0.4, -0.2) is 26.6 Å².